The second-order valence-electron chi connectivity index (χ2n) is 11.2. The Labute approximate surface area is 202 Å². The van der Waals surface area contributed by atoms with Crippen molar-refractivity contribution in [2.45, 2.75) is 80.9 Å². The van der Waals surface area contributed by atoms with Crippen LogP contribution in [0.15, 0.2) is 42.5 Å². The summed E-state index contributed by atoms with van der Waals surface area (Å²) in [4.78, 5) is 2.66. The Kier molecular flexibility index (Phi) is 5.63. The van der Waals surface area contributed by atoms with E-state index in [1.54, 1.807) is 6.07 Å². The van der Waals surface area contributed by atoms with Crippen molar-refractivity contribution < 1.29 is 20.1 Å². The number of ether oxygens (including phenoxy) is 1. The van der Waals surface area contributed by atoms with Crippen LogP contribution in [-0.4, -0.2) is 57.7 Å². The number of piperidine rings is 1. The van der Waals surface area contributed by atoms with Crippen molar-refractivity contribution >= 4 is 0 Å². The van der Waals surface area contributed by atoms with Crippen LogP contribution in [0.5, 0.6) is 11.5 Å². The molecule has 34 heavy (non-hydrogen) atoms. The number of hydrogen-bond acceptors (Lipinski definition) is 5. The van der Waals surface area contributed by atoms with Gasteiger partial charge in [0.2, 0.25) is 0 Å². The molecular formula is C29H37NO4. The van der Waals surface area contributed by atoms with E-state index in [4.69, 9.17) is 4.74 Å². The van der Waals surface area contributed by atoms with E-state index in [-0.39, 0.29) is 17.5 Å². The predicted molar refractivity (Wildman–Crippen MR) is 131 cm³/mol. The van der Waals surface area contributed by atoms with Gasteiger partial charge in [-0.1, -0.05) is 36.4 Å². The Morgan fingerprint density at radius 2 is 1.82 bits per heavy atom. The maximum atomic E-state index is 11.1. The third kappa shape index (κ3) is 3.55. The summed E-state index contributed by atoms with van der Waals surface area (Å²) >= 11 is 0. The standard InChI is InChI=1S/C29H37NO4/c31-23-12-13-29(34-16-4-7-20-5-2-1-3-6-20)25-17-22-10-11-24(32)27(33)26(22)28(29,18-23)14-15-30(25)19-21-8-9-21/h1-3,5-6,10-11,21,23,25,31-33H,4,7-9,12-19H2/t23-,25-,28-,29-/m1/s1. The normalized spacial score (nSPS) is 32.7. The number of aryl methyl sites for hydroxylation is 1. The molecule has 5 heteroatoms. The van der Waals surface area contributed by atoms with Crippen molar-refractivity contribution in [2.75, 3.05) is 19.7 Å². The minimum absolute atomic E-state index is 0.00189. The smallest absolute Gasteiger partial charge is 0.161 e. The molecule has 0 radical (unpaired) electrons. The summed E-state index contributed by atoms with van der Waals surface area (Å²) in [7, 11) is 0. The molecule has 4 aliphatic rings. The van der Waals surface area contributed by atoms with Crippen molar-refractivity contribution in [3.8, 4) is 11.5 Å². The molecule has 1 saturated heterocycles. The third-order valence-electron chi connectivity index (χ3n) is 9.18. The molecule has 2 bridgehead atoms. The number of nitrogens with zero attached hydrogens (tertiary/aromatic N) is 1. The SMILES string of the molecule is Oc1ccc2c(c1O)[C@]13CCN(CC4CC4)[C@H](C2)[C@]1(OCCCc1ccccc1)CC[C@@H](O)C3. The molecule has 182 valence electrons. The number of fused-ring (bicyclic) bond motifs is 1. The van der Waals surface area contributed by atoms with Gasteiger partial charge in [-0.15, -0.1) is 0 Å². The first-order valence-corrected chi connectivity index (χ1v) is 13.2. The fourth-order valence-electron chi connectivity index (χ4n) is 7.48. The monoisotopic (exact) mass is 463 g/mol. The molecule has 2 saturated carbocycles. The van der Waals surface area contributed by atoms with Crippen molar-refractivity contribution in [1.29, 1.82) is 0 Å². The average molecular weight is 464 g/mol. The molecule has 1 heterocycles. The van der Waals surface area contributed by atoms with Gasteiger partial charge in [0, 0.05) is 30.2 Å². The zero-order valence-corrected chi connectivity index (χ0v) is 20.0. The van der Waals surface area contributed by atoms with E-state index in [1.165, 1.54) is 18.4 Å². The maximum Gasteiger partial charge on any atom is 0.161 e. The molecule has 2 aromatic carbocycles. The highest BCUT2D eigenvalue weighted by atomic mass is 16.5. The van der Waals surface area contributed by atoms with Gasteiger partial charge in [0.05, 0.1) is 11.7 Å². The summed E-state index contributed by atoms with van der Waals surface area (Å²) in [5, 5.41) is 32.5. The van der Waals surface area contributed by atoms with Crippen LogP contribution in [0.25, 0.3) is 0 Å². The van der Waals surface area contributed by atoms with Crippen molar-refractivity contribution in [3.63, 3.8) is 0 Å². The van der Waals surface area contributed by atoms with E-state index >= 15 is 0 Å². The molecule has 0 aromatic heterocycles. The third-order valence-corrected chi connectivity index (χ3v) is 9.18. The second-order valence-corrected chi connectivity index (χ2v) is 11.2. The molecule has 1 aliphatic heterocycles. The zero-order valence-electron chi connectivity index (χ0n) is 20.0. The Bertz CT molecular complexity index is 1040. The van der Waals surface area contributed by atoms with Crippen LogP contribution in [0.4, 0.5) is 0 Å². The van der Waals surface area contributed by atoms with Gasteiger partial charge in [-0.05, 0) is 87.4 Å². The minimum atomic E-state index is -0.474. The van der Waals surface area contributed by atoms with E-state index in [2.05, 4.69) is 29.2 Å². The Morgan fingerprint density at radius 3 is 2.62 bits per heavy atom. The van der Waals surface area contributed by atoms with Crippen molar-refractivity contribution in [1.82, 2.24) is 4.90 Å². The quantitative estimate of drug-likeness (QED) is 0.422. The topological polar surface area (TPSA) is 73.2 Å². The number of phenolic OH excluding ortho intramolecular Hbond substituents is 2. The lowest BCUT2D eigenvalue weighted by molar-refractivity contribution is -0.213. The number of rotatable bonds is 7. The van der Waals surface area contributed by atoms with Gasteiger partial charge < -0.3 is 20.1 Å². The summed E-state index contributed by atoms with van der Waals surface area (Å²) in [5.41, 5.74) is 2.35. The van der Waals surface area contributed by atoms with E-state index in [9.17, 15) is 15.3 Å². The summed E-state index contributed by atoms with van der Waals surface area (Å²) in [6, 6.07) is 14.4. The molecule has 3 fully saturated rings. The molecule has 5 nitrogen and oxygen atoms in total. The summed E-state index contributed by atoms with van der Waals surface area (Å²) < 4.78 is 7.04. The fourth-order valence-corrected chi connectivity index (χ4v) is 7.48. The van der Waals surface area contributed by atoms with Crippen LogP contribution in [0, 0.1) is 5.92 Å². The number of aliphatic hydroxyl groups excluding tert-OH is 1. The summed E-state index contributed by atoms with van der Waals surface area (Å²) in [6.07, 6.45) is 7.93. The first-order chi connectivity index (χ1) is 16.5. The lowest BCUT2D eigenvalue weighted by atomic mass is 9.48. The van der Waals surface area contributed by atoms with Crippen LogP contribution in [0.1, 0.15) is 61.6 Å². The first-order valence-electron chi connectivity index (χ1n) is 13.2. The molecule has 6 rings (SSSR count). The van der Waals surface area contributed by atoms with Gasteiger partial charge in [-0.25, -0.2) is 0 Å². The number of likely N-dealkylation sites (tertiary alicyclic amines) is 1. The molecule has 2 aromatic rings. The van der Waals surface area contributed by atoms with Gasteiger partial charge >= 0.3 is 0 Å². The minimum Gasteiger partial charge on any atom is -0.504 e. The number of aromatic hydroxyl groups is 2. The Hall–Kier alpha value is -2.08. The molecule has 0 spiro atoms. The Morgan fingerprint density at radius 1 is 1.00 bits per heavy atom. The van der Waals surface area contributed by atoms with Crippen LogP contribution in [-0.2, 0) is 23.0 Å². The number of phenols is 2. The molecule has 0 unspecified atom stereocenters. The predicted octanol–water partition coefficient (Wildman–Crippen LogP) is 4.31. The largest absolute Gasteiger partial charge is 0.504 e. The molecule has 0 amide bonds. The molecule has 3 aliphatic carbocycles. The van der Waals surface area contributed by atoms with E-state index in [1.807, 2.05) is 12.1 Å². The van der Waals surface area contributed by atoms with Gasteiger partial charge in [0.1, 0.15) is 0 Å². The van der Waals surface area contributed by atoms with E-state index in [0.29, 0.717) is 13.0 Å². The number of aliphatic hydroxyl groups is 1. The summed E-state index contributed by atoms with van der Waals surface area (Å²) in [6.45, 7) is 2.74. The molecule has 3 N–H and O–H groups in total. The maximum absolute atomic E-state index is 11.1. The van der Waals surface area contributed by atoms with Gasteiger partial charge in [-0.2, -0.15) is 0 Å². The van der Waals surface area contributed by atoms with Crippen LogP contribution < -0.4 is 0 Å². The fraction of sp³-hybridized carbons (Fsp3) is 0.586. The highest BCUT2D eigenvalue weighted by Crippen LogP contribution is 2.62. The van der Waals surface area contributed by atoms with Gasteiger partial charge in [0.15, 0.2) is 11.5 Å². The number of benzene rings is 2. The average Bonchev–Trinajstić information content (AvgIpc) is 3.66. The number of hydrogen-bond donors (Lipinski definition) is 3. The van der Waals surface area contributed by atoms with Crippen molar-refractivity contribution in [3.05, 3.63) is 59.2 Å². The van der Waals surface area contributed by atoms with Gasteiger partial charge in [-0.3, -0.25) is 4.90 Å². The summed E-state index contributed by atoms with van der Waals surface area (Å²) in [5.74, 6) is 0.731. The first kappa shape index (κ1) is 22.4. The van der Waals surface area contributed by atoms with E-state index in [0.717, 1.165) is 68.7 Å². The van der Waals surface area contributed by atoms with Gasteiger partial charge in [0.25, 0.3) is 0 Å². The van der Waals surface area contributed by atoms with Crippen LogP contribution in [0.3, 0.4) is 0 Å². The zero-order chi connectivity index (χ0) is 23.3. The van der Waals surface area contributed by atoms with Crippen LogP contribution in [0.2, 0.25) is 0 Å². The van der Waals surface area contributed by atoms with Crippen molar-refractivity contribution in [2.24, 2.45) is 5.92 Å². The van der Waals surface area contributed by atoms with E-state index < -0.39 is 17.1 Å². The second kappa shape index (κ2) is 8.54. The highest BCUT2D eigenvalue weighted by Gasteiger charge is 2.67. The lowest BCUT2D eigenvalue weighted by Crippen LogP contribution is -2.74. The molecule has 4 atom stereocenters. The lowest BCUT2D eigenvalue weighted by Gasteiger charge is -2.66. The Balaban J connectivity index is 1.37. The van der Waals surface area contributed by atoms with Crippen LogP contribution >= 0.6 is 0 Å². The molecular weight excluding hydrogens is 426 g/mol. The highest BCUT2D eigenvalue weighted by molar-refractivity contribution is 5.57.